The molecule has 0 amide bonds. The summed E-state index contributed by atoms with van der Waals surface area (Å²) in [6.07, 6.45) is 3.36. The van der Waals surface area contributed by atoms with Gasteiger partial charge in [0.15, 0.2) is 0 Å². The van der Waals surface area contributed by atoms with Gasteiger partial charge in [0.1, 0.15) is 5.82 Å². The normalized spacial score (nSPS) is 12.3. The Morgan fingerprint density at radius 2 is 1.95 bits per heavy atom. The fraction of sp³-hybridized carbons (Fsp3) is 0.133. The molecule has 0 radical (unpaired) electrons. The summed E-state index contributed by atoms with van der Waals surface area (Å²) < 4.78 is 18.5. The van der Waals surface area contributed by atoms with E-state index in [1.807, 2.05) is 19.1 Å². The zero-order valence-electron chi connectivity index (χ0n) is 11.2. The van der Waals surface area contributed by atoms with Gasteiger partial charge in [0.05, 0.1) is 5.56 Å². The highest BCUT2D eigenvalue weighted by molar-refractivity contribution is 7.99. The Morgan fingerprint density at radius 3 is 2.67 bits per heavy atom. The van der Waals surface area contributed by atoms with Crippen molar-refractivity contribution in [2.24, 2.45) is 0 Å². The van der Waals surface area contributed by atoms with Gasteiger partial charge < -0.3 is 4.42 Å². The first-order valence-electron chi connectivity index (χ1n) is 6.38. The lowest BCUT2D eigenvalue weighted by molar-refractivity contribution is 0.465. The molecule has 0 aliphatic carbocycles. The maximum absolute atomic E-state index is 12.9. The smallest absolute Gasteiger partial charge is 0.277 e. The molecule has 21 heavy (non-hydrogen) atoms. The number of nitrogens with zero attached hydrogens (tertiary/aromatic N) is 3. The highest BCUT2D eigenvalue weighted by Crippen LogP contribution is 2.34. The molecule has 0 spiro atoms. The van der Waals surface area contributed by atoms with Crippen LogP contribution in [-0.4, -0.2) is 15.2 Å². The standard InChI is InChI=1S/C15H12FN3OS/c1-10(11-4-6-13(16)7-5-11)21-15-19-18-14(20-15)12-3-2-8-17-9-12/h2-10H,1H3. The Bertz CT molecular complexity index is 715. The number of rotatable bonds is 4. The zero-order chi connectivity index (χ0) is 14.7. The van der Waals surface area contributed by atoms with Crippen molar-refractivity contribution in [2.45, 2.75) is 17.4 Å². The number of aromatic nitrogens is 3. The van der Waals surface area contributed by atoms with E-state index in [2.05, 4.69) is 15.2 Å². The number of thioether (sulfide) groups is 1. The highest BCUT2D eigenvalue weighted by atomic mass is 32.2. The second kappa shape index (κ2) is 6.05. The van der Waals surface area contributed by atoms with E-state index in [9.17, 15) is 4.39 Å². The van der Waals surface area contributed by atoms with Gasteiger partial charge in [-0.1, -0.05) is 23.9 Å². The van der Waals surface area contributed by atoms with E-state index in [-0.39, 0.29) is 11.1 Å². The van der Waals surface area contributed by atoms with Gasteiger partial charge in [0.25, 0.3) is 5.22 Å². The molecule has 2 heterocycles. The average molecular weight is 301 g/mol. The average Bonchev–Trinajstić information content (AvgIpc) is 2.97. The van der Waals surface area contributed by atoms with Gasteiger partial charge in [0.2, 0.25) is 5.89 Å². The fourth-order valence-corrected chi connectivity index (χ4v) is 2.63. The molecular formula is C15H12FN3OS. The van der Waals surface area contributed by atoms with Crippen LogP contribution in [0.25, 0.3) is 11.5 Å². The van der Waals surface area contributed by atoms with Crippen LogP contribution in [0.2, 0.25) is 0 Å². The summed E-state index contributed by atoms with van der Waals surface area (Å²) in [5, 5.41) is 8.60. The Hall–Kier alpha value is -2.21. The summed E-state index contributed by atoms with van der Waals surface area (Å²) in [6, 6.07) is 10.1. The Balaban J connectivity index is 1.74. The van der Waals surface area contributed by atoms with Crippen LogP contribution in [-0.2, 0) is 0 Å². The third kappa shape index (κ3) is 3.28. The maximum atomic E-state index is 12.9. The molecule has 1 aromatic carbocycles. The third-order valence-electron chi connectivity index (χ3n) is 2.93. The second-order valence-electron chi connectivity index (χ2n) is 4.43. The molecular weight excluding hydrogens is 289 g/mol. The lowest BCUT2D eigenvalue weighted by Crippen LogP contribution is -1.88. The summed E-state index contributed by atoms with van der Waals surface area (Å²) >= 11 is 1.43. The van der Waals surface area contributed by atoms with Crippen molar-refractivity contribution in [3.8, 4) is 11.5 Å². The van der Waals surface area contributed by atoms with Crippen molar-refractivity contribution in [1.29, 1.82) is 0 Å². The molecule has 1 atom stereocenters. The van der Waals surface area contributed by atoms with E-state index in [4.69, 9.17) is 4.42 Å². The first-order chi connectivity index (χ1) is 10.2. The van der Waals surface area contributed by atoms with Gasteiger partial charge in [-0.05, 0) is 36.8 Å². The van der Waals surface area contributed by atoms with Gasteiger partial charge >= 0.3 is 0 Å². The largest absolute Gasteiger partial charge is 0.411 e. The van der Waals surface area contributed by atoms with Gasteiger partial charge in [-0.2, -0.15) is 0 Å². The van der Waals surface area contributed by atoms with Crippen LogP contribution in [0.4, 0.5) is 4.39 Å². The van der Waals surface area contributed by atoms with Crippen LogP contribution in [0.3, 0.4) is 0 Å². The van der Waals surface area contributed by atoms with Gasteiger partial charge in [0, 0.05) is 17.6 Å². The molecule has 0 bridgehead atoms. The molecule has 2 aromatic heterocycles. The first-order valence-corrected chi connectivity index (χ1v) is 7.26. The topological polar surface area (TPSA) is 51.8 Å². The summed E-state index contributed by atoms with van der Waals surface area (Å²) in [4.78, 5) is 4.02. The number of hydrogen-bond acceptors (Lipinski definition) is 5. The van der Waals surface area contributed by atoms with Crippen LogP contribution in [0, 0.1) is 5.82 Å². The van der Waals surface area contributed by atoms with Crippen LogP contribution in [0.15, 0.2) is 58.4 Å². The Labute approximate surface area is 125 Å². The Morgan fingerprint density at radius 1 is 1.14 bits per heavy atom. The van der Waals surface area contributed by atoms with Crippen LogP contribution in [0.1, 0.15) is 17.7 Å². The van der Waals surface area contributed by atoms with E-state index in [1.165, 1.54) is 23.9 Å². The Kier molecular flexibility index (Phi) is 3.96. The lowest BCUT2D eigenvalue weighted by Gasteiger charge is -2.08. The van der Waals surface area contributed by atoms with Crippen molar-refractivity contribution < 1.29 is 8.81 Å². The predicted octanol–water partition coefficient (Wildman–Crippen LogP) is 4.12. The molecule has 0 saturated carbocycles. The number of halogens is 1. The predicted molar refractivity (Wildman–Crippen MR) is 78.2 cm³/mol. The molecule has 3 rings (SSSR count). The molecule has 4 nitrogen and oxygen atoms in total. The summed E-state index contributed by atoms with van der Waals surface area (Å²) in [5.41, 5.74) is 1.79. The SMILES string of the molecule is CC(Sc1nnc(-c2cccnc2)o1)c1ccc(F)cc1. The fourth-order valence-electron chi connectivity index (χ4n) is 1.82. The maximum Gasteiger partial charge on any atom is 0.277 e. The van der Waals surface area contributed by atoms with Crippen molar-refractivity contribution in [3.63, 3.8) is 0 Å². The van der Waals surface area contributed by atoms with Crippen molar-refractivity contribution in [3.05, 3.63) is 60.2 Å². The van der Waals surface area contributed by atoms with Gasteiger partial charge in [-0.15, -0.1) is 10.2 Å². The van der Waals surface area contributed by atoms with E-state index < -0.39 is 0 Å². The monoisotopic (exact) mass is 301 g/mol. The molecule has 3 aromatic rings. The van der Waals surface area contributed by atoms with Crippen molar-refractivity contribution in [2.75, 3.05) is 0 Å². The van der Waals surface area contributed by atoms with Gasteiger partial charge in [-0.3, -0.25) is 4.98 Å². The summed E-state index contributed by atoms with van der Waals surface area (Å²) in [6.45, 7) is 2.01. The molecule has 0 aliphatic heterocycles. The van der Waals surface area contributed by atoms with Crippen molar-refractivity contribution >= 4 is 11.8 Å². The van der Waals surface area contributed by atoms with Crippen LogP contribution >= 0.6 is 11.8 Å². The van der Waals surface area contributed by atoms with Gasteiger partial charge in [-0.25, -0.2) is 4.39 Å². The molecule has 0 saturated heterocycles. The molecule has 1 unspecified atom stereocenters. The molecule has 6 heteroatoms. The van der Waals surface area contributed by atoms with Crippen molar-refractivity contribution in [1.82, 2.24) is 15.2 Å². The lowest BCUT2D eigenvalue weighted by atomic mass is 10.2. The second-order valence-corrected chi connectivity index (χ2v) is 5.72. The van der Waals surface area contributed by atoms with Crippen LogP contribution in [0.5, 0.6) is 0 Å². The molecule has 0 fully saturated rings. The molecule has 0 aliphatic rings. The van der Waals surface area contributed by atoms with Crippen LogP contribution < -0.4 is 0 Å². The van der Waals surface area contributed by atoms with E-state index in [0.29, 0.717) is 11.1 Å². The number of benzene rings is 1. The quantitative estimate of drug-likeness (QED) is 0.678. The number of pyridine rings is 1. The summed E-state index contributed by atoms with van der Waals surface area (Å²) in [7, 11) is 0. The van der Waals surface area contributed by atoms with E-state index in [1.54, 1.807) is 24.5 Å². The minimum atomic E-state index is -0.243. The van der Waals surface area contributed by atoms with E-state index >= 15 is 0 Å². The van der Waals surface area contributed by atoms with E-state index in [0.717, 1.165) is 11.1 Å². The first kappa shape index (κ1) is 13.8. The molecule has 0 N–H and O–H groups in total. The minimum absolute atomic E-state index is 0.0906. The minimum Gasteiger partial charge on any atom is -0.411 e. The molecule has 106 valence electrons. The third-order valence-corrected chi connectivity index (χ3v) is 3.92. The highest BCUT2D eigenvalue weighted by Gasteiger charge is 2.14. The summed E-state index contributed by atoms with van der Waals surface area (Å²) in [5.74, 6) is 0.199. The number of hydrogen-bond donors (Lipinski definition) is 0. The zero-order valence-corrected chi connectivity index (χ0v) is 12.0.